The molecular formula is C14H27N3O3. The average molecular weight is 285 g/mol. The first-order valence-corrected chi connectivity index (χ1v) is 7.28. The molecule has 1 atom stereocenters. The highest BCUT2D eigenvalue weighted by molar-refractivity contribution is 5.88. The van der Waals surface area contributed by atoms with Gasteiger partial charge in [-0.1, -0.05) is 13.8 Å². The molecule has 4 N–H and O–H groups in total. The Balaban J connectivity index is 2.49. The van der Waals surface area contributed by atoms with Gasteiger partial charge >= 0.3 is 0 Å². The zero-order chi connectivity index (χ0) is 15.1. The molecule has 0 unspecified atom stereocenters. The van der Waals surface area contributed by atoms with Crippen LogP contribution in [-0.2, 0) is 14.3 Å². The van der Waals surface area contributed by atoms with Crippen molar-refractivity contribution in [3.63, 3.8) is 0 Å². The van der Waals surface area contributed by atoms with Crippen molar-refractivity contribution in [1.29, 1.82) is 0 Å². The normalized spacial score (nSPS) is 24.2. The fourth-order valence-corrected chi connectivity index (χ4v) is 2.44. The van der Waals surface area contributed by atoms with Crippen LogP contribution >= 0.6 is 0 Å². The van der Waals surface area contributed by atoms with Crippen molar-refractivity contribution in [2.45, 2.75) is 57.7 Å². The highest BCUT2D eigenvalue weighted by Gasteiger charge is 2.27. The van der Waals surface area contributed by atoms with E-state index in [-0.39, 0.29) is 36.4 Å². The Kier molecular flexibility index (Phi) is 6.95. The fraction of sp³-hybridized carbons (Fsp3) is 0.857. The summed E-state index contributed by atoms with van der Waals surface area (Å²) in [6, 6.07) is -0.0958. The van der Waals surface area contributed by atoms with Crippen molar-refractivity contribution >= 4 is 11.8 Å². The van der Waals surface area contributed by atoms with Gasteiger partial charge in [0.2, 0.25) is 11.8 Å². The quantitative estimate of drug-likeness (QED) is 0.648. The first-order chi connectivity index (χ1) is 9.43. The lowest BCUT2D eigenvalue weighted by molar-refractivity contribution is -0.132. The van der Waals surface area contributed by atoms with E-state index in [1.807, 2.05) is 13.8 Å². The minimum Gasteiger partial charge on any atom is -0.375 e. The molecule has 0 heterocycles. The molecule has 1 aliphatic carbocycles. The Morgan fingerprint density at radius 1 is 1.25 bits per heavy atom. The minimum absolute atomic E-state index is 0.0293. The number of carbonyl (C=O) groups is 2. The second kappa shape index (κ2) is 8.21. The van der Waals surface area contributed by atoms with Gasteiger partial charge in [-0.2, -0.15) is 0 Å². The third-order valence-electron chi connectivity index (χ3n) is 3.66. The predicted molar refractivity (Wildman–Crippen MR) is 77.0 cm³/mol. The molecule has 0 bridgehead atoms. The van der Waals surface area contributed by atoms with Gasteiger partial charge in [-0.15, -0.1) is 0 Å². The zero-order valence-corrected chi connectivity index (χ0v) is 12.6. The Hall–Kier alpha value is -1.14. The molecule has 0 aromatic carbocycles. The summed E-state index contributed by atoms with van der Waals surface area (Å²) >= 11 is 0. The van der Waals surface area contributed by atoms with Crippen LogP contribution in [0.25, 0.3) is 0 Å². The molecule has 1 aliphatic rings. The van der Waals surface area contributed by atoms with Gasteiger partial charge in [0.1, 0.15) is 12.6 Å². The summed E-state index contributed by atoms with van der Waals surface area (Å²) in [7, 11) is 1.45. The van der Waals surface area contributed by atoms with E-state index in [0.717, 1.165) is 25.7 Å². The van der Waals surface area contributed by atoms with Crippen LogP contribution in [-0.4, -0.2) is 43.7 Å². The van der Waals surface area contributed by atoms with E-state index in [4.69, 9.17) is 10.5 Å². The molecule has 0 aliphatic heterocycles. The minimum atomic E-state index is -0.520. The maximum absolute atomic E-state index is 12.3. The summed E-state index contributed by atoms with van der Waals surface area (Å²) in [5.41, 5.74) is 5.85. The maximum Gasteiger partial charge on any atom is 0.246 e. The van der Waals surface area contributed by atoms with E-state index in [0.29, 0.717) is 0 Å². The second-order valence-electron chi connectivity index (χ2n) is 5.84. The molecule has 0 aromatic rings. The van der Waals surface area contributed by atoms with E-state index in [1.54, 1.807) is 0 Å². The van der Waals surface area contributed by atoms with Gasteiger partial charge < -0.3 is 21.1 Å². The molecule has 1 saturated carbocycles. The molecule has 1 fully saturated rings. The van der Waals surface area contributed by atoms with Crippen molar-refractivity contribution in [2.24, 2.45) is 11.7 Å². The van der Waals surface area contributed by atoms with Gasteiger partial charge in [-0.3, -0.25) is 9.59 Å². The maximum atomic E-state index is 12.3. The predicted octanol–water partition coefficient (Wildman–Crippen LogP) is 0.160. The SMILES string of the molecule is COCC(=O)N[C@H](C(=O)NC1CCC(N)CC1)C(C)C. The number of carbonyl (C=O) groups excluding carboxylic acids is 2. The summed E-state index contributed by atoms with van der Waals surface area (Å²) in [6.07, 6.45) is 3.69. The average Bonchev–Trinajstić information content (AvgIpc) is 2.38. The largest absolute Gasteiger partial charge is 0.375 e. The molecule has 2 amide bonds. The summed E-state index contributed by atoms with van der Waals surface area (Å²) in [4.78, 5) is 23.8. The summed E-state index contributed by atoms with van der Waals surface area (Å²) < 4.78 is 4.77. The lowest BCUT2D eigenvalue weighted by atomic mass is 9.91. The molecule has 6 heteroatoms. The third kappa shape index (κ3) is 5.46. The van der Waals surface area contributed by atoms with E-state index in [9.17, 15) is 9.59 Å². The van der Waals surface area contributed by atoms with Gasteiger partial charge in [0.05, 0.1) is 0 Å². The monoisotopic (exact) mass is 285 g/mol. The topological polar surface area (TPSA) is 93.4 Å². The number of hydrogen-bond acceptors (Lipinski definition) is 4. The van der Waals surface area contributed by atoms with Crippen LogP contribution in [0.5, 0.6) is 0 Å². The smallest absolute Gasteiger partial charge is 0.246 e. The lowest BCUT2D eigenvalue weighted by Crippen LogP contribution is -2.53. The van der Waals surface area contributed by atoms with Gasteiger partial charge in [-0.05, 0) is 31.6 Å². The number of rotatable bonds is 6. The molecule has 6 nitrogen and oxygen atoms in total. The molecule has 0 aromatic heterocycles. The summed E-state index contributed by atoms with van der Waals surface area (Å²) in [5.74, 6) is -0.362. The Labute approximate surface area is 120 Å². The number of hydrogen-bond donors (Lipinski definition) is 3. The van der Waals surface area contributed by atoms with Crippen LogP contribution in [0.2, 0.25) is 0 Å². The fourth-order valence-electron chi connectivity index (χ4n) is 2.44. The highest BCUT2D eigenvalue weighted by atomic mass is 16.5. The first-order valence-electron chi connectivity index (χ1n) is 7.28. The number of nitrogens with two attached hydrogens (primary N) is 1. The molecular weight excluding hydrogens is 258 g/mol. The summed E-state index contributed by atoms with van der Waals surface area (Å²) in [6.45, 7) is 3.79. The molecule has 0 spiro atoms. The zero-order valence-electron chi connectivity index (χ0n) is 12.6. The van der Waals surface area contributed by atoms with Crippen LogP contribution in [0.15, 0.2) is 0 Å². The third-order valence-corrected chi connectivity index (χ3v) is 3.66. The summed E-state index contributed by atoms with van der Waals surface area (Å²) in [5, 5.41) is 5.73. The van der Waals surface area contributed by atoms with Gasteiger partial charge in [0, 0.05) is 19.2 Å². The number of nitrogens with one attached hydrogen (secondary N) is 2. The lowest BCUT2D eigenvalue weighted by Gasteiger charge is -2.29. The van der Waals surface area contributed by atoms with Crippen LogP contribution in [0.1, 0.15) is 39.5 Å². The van der Waals surface area contributed by atoms with Gasteiger partial charge in [0.15, 0.2) is 0 Å². The number of amides is 2. The molecule has 20 heavy (non-hydrogen) atoms. The van der Waals surface area contributed by atoms with Crippen molar-refractivity contribution in [1.82, 2.24) is 10.6 Å². The van der Waals surface area contributed by atoms with Crippen LogP contribution in [0.4, 0.5) is 0 Å². The Morgan fingerprint density at radius 3 is 2.35 bits per heavy atom. The first kappa shape index (κ1) is 16.9. The molecule has 0 radical (unpaired) electrons. The number of ether oxygens (including phenoxy) is 1. The standard InChI is InChI=1S/C14H27N3O3/c1-9(2)13(17-12(18)8-20-3)14(19)16-11-6-4-10(15)5-7-11/h9-11,13H,4-8,15H2,1-3H3,(H,16,19)(H,17,18)/t10?,11?,13-/m0/s1. The Bertz CT molecular complexity index is 326. The van der Waals surface area contributed by atoms with Crippen molar-refractivity contribution in [3.05, 3.63) is 0 Å². The van der Waals surface area contributed by atoms with Crippen LogP contribution < -0.4 is 16.4 Å². The van der Waals surface area contributed by atoms with Crippen molar-refractivity contribution < 1.29 is 14.3 Å². The molecule has 0 saturated heterocycles. The highest BCUT2D eigenvalue weighted by Crippen LogP contribution is 2.17. The van der Waals surface area contributed by atoms with E-state index < -0.39 is 6.04 Å². The van der Waals surface area contributed by atoms with Crippen LogP contribution in [0.3, 0.4) is 0 Å². The Morgan fingerprint density at radius 2 is 1.85 bits per heavy atom. The van der Waals surface area contributed by atoms with Gasteiger partial charge in [-0.25, -0.2) is 0 Å². The molecule has 1 rings (SSSR count). The van der Waals surface area contributed by atoms with E-state index >= 15 is 0 Å². The number of methoxy groups -OCH3 is 1. The van der Waals surface area contributed by atoms with E-state index in [1.165, 1.54) is 7.11 Å². The van der Waals surface area contributed by atoms with Crippen LogP contribution in [0, 0.1) is 5.92 Å². The van der Waals surface area contributed by atoms with Gasteiger partial charge in [0.25, 0.3) is 0 Å². The van der Waals surface area contributed by atoms with Crippen molar-refractivity contribution in [3.8, 4) is 0 Å². The van der Waals surface area contributed by atoms with E-state index in [2.05, 4.69) is 10.6 Å². The second-order valence-corrected chi connectivity index (χ2v) is 5.84. The van der Waals surface area contributed by atoms with Crippen molar-refractivity contribution in [2.75, 3.05) is 13.7 Å². The molecule has 116 valence electrons.